The Morgan fingerprint density at radius 2 is 2.10 bits per heavy atom. The molecule has 1 aliphatic heterocycles. The number of hydrogen-bond acceptors (Lipinski definition) is 4. The van der Waals surface area contributed by atoms with Crippen LogP contribution in [0.4, 0.5) is 5.69 Å². The van der Waals surface area contributed by atoms with Crippen molar-refractivity contribution in [2.75, 3.05) is 37.8 Å². The van der Waals surface area contributed by atoms with Crippen LogP contribution >= 0.6 is 24.0 Å². The first-order valence-electron chi connectivity index (χ1n) is 7.50. The van der Waals surface area contributed by atoms with Crippen molar-refractivity contribution in [3.63, 3.8) is 0 Å². The fraction of sp³-hybridized carbons (Fsp3) is 0.562. The van der Waals surface area contributed by atoms with Gasteiger partial charge in [0, 0.05) is 42.3 Å². The Hall–Kier alpha value is -0.780. The molecule has 21 heavy (non-hydrogen) atoms. The number of piperidine rings is 1. The third kappa shape index (κ3) is 3.71. The lowest BCUT2D eigenvalue weighted by Gasteiger charge is -2.38. The van der Waals surface area contributed by atoms with Gasteiger partial charge in [-0.15, -0.1) is 11.8 Å². The van der Waals surface area contributed by atoms with E-state index >= 15 is 0 Å². The molecule has 0 bridgehead atoms. The van der Waals surface area contributed by atoms with Crippen LogP contribution < -0.4 is 10.6 Å². The lowest BCUT2D eigenvalue weighted by Crippen LogP contribution is -2.43. The molecule has 0 aliphatic carbocycles. The van der Waals surface area contributed by atoms with Gasteiger partial charge in [0.1, 0.15) is 4.99 Å². The highest BCUT2D eigenvalue weighted by Gasteiger charge is 2.24. The van der Waals surface area contributed by atoms with E-state index in [4.69, 9.17) is 18.0 Å². The van der Waals surface area contributed by atoms with Crippen molar-refractivity contribution in [3.05, 3.63) is 23.8 Å². The molecule has 1 aromatic rings. The summed E-state index contributed by atoms with van der Waals surface area (Å²) in [5, 5.41) is 0. The maximum atomic E-state index is 5.99. The van der Waals surface area contributed by atoms with Gasteiger partial charge in [0.25, 0.3) is 0 Å². The summed E-state index contributed by atoms with van der Waals surface area (Å²) < 4.78 is 0. The third-order valence-corrected chi connectivity index (χ3v) is 5.39. The molecule has 1 aromatic carbocycles. The van der Waals surface area contributed by atoms with E-state index in [-0.39, 0.29) is 0 Å². The number of rotatable bonds is 5. The summed E-state index contributed by atoms with van der Waals surface area (Å²) >= 11 is 6.99. The molecule has 0 amide bonds. The highest BCUT2D eigenvalue weighted by atomic mass is 32.2. The van der Waals surface area contributed by atoms with Gasteiger partial charge in [-0.05, 0) is 37.8 Å². The summed E-state index contributed by atoms with van der Waals surface area (Å²) in [5.41, 5.74) is 8.18. The summed E-state index contributed by atoms with van der Waals surface area (Å²) in [5.74, 6) is 0. The van der Waals surface area contributed by atoms with Crippen LogP contribution in [-0.4, -0.2) is 48.9 Å². The van der Waals surface area contributed by atoms with E-state index in [1.54, 1.807) is 11.8 Å². The van der Waals surface area contributed by atoms with E-state index in [0.717, 1.165) is 17.0 Å². The van der Waals surface area contributed by atoms with E-state index in [9.17, 15) is 0 Å². The molecule has 0 atom stereocenters. The van der Waals surface area contributed by atoms with Gasteiger partial charge in [-0.1, -0.05) is 25.2 Å². The van der Waals surface area contributed by atoms with Gasteiger partial charge in [-0.3, -0.25) is 0 Å². The summed E-state index contributed by atoms with van der Waals surface area (Å²) in [4.78, 5) is 6.55. The molecule has 1 saturated heterocycles. The summed E-state index contributed by atoms with van der Waals surface area (Å²) in [6.45, 7) is 5.74. The minimum Gasteiger partial charge on any atom is -0.389 e. The molecule has 3 nitrogen and oxygen atoms in total. The minimum absolute atomic E-state index is 0.493. The average molecular weight is 324 g/mol. The van der Waals surface area contributed by atoms with Gasteiger partial charge in [0.2, 0.25) is 0 Å². The summed E-state index contributed by atoms with van der Waals surface area (Å²) in [7, 11) is 2.17. The van der Waals surface area contributed by atoms with Crippen molar-refractivity contribution in [1.82, 2.24) is 4.90 Å². The van der Waals surface area contributed by atoms with Crippen LogP contribution in [-0.2, 0) is 0 Å². The summed E-state index contributed by atoms with van der Waals surface area (Å²) in [6.07, 6.45) is 4.47. The monoisotopic (exact) mass is 323 g/mol. The van der Waals surface area contributed by atoms with Gasteiger partial charge in [0.05, 0.1) is 0 Å². The van der Waals surface area contributed by atoms with Crippen molar-refractivity contribution < 1.29 is 0 Å². The van der Waals surface area contributed by atoms with E-state index in [1.165, 1.54) is 31.6 Å². The van der Waals surface area contributed by atoms with E-state index in [0.29, 0.717) is 11.0 Å². The molecular formula is C16H25N3S2. The predicted octanol–water partition coefficient (Wildman–Crippen LogP) is 2.96. The van der Waals surface area contributed by atoms with Gasteiger partial charge < -0.3 is 15.5 Å². The first-order valence-corrected chi connectivity index (χ1v) is 9.13. The normalized spacial score (nSPS) is 16.9. The van der Waals surface area contributed by atoms with Crippen molar-refractivity contribution in [2.45, 2.75) is 30.7 Å². The lowest BCUT2D eigenvalue weighted by atomic mass is 10.0. The van der Waals surface area contributed by atoms with Crippen LogP contribution in [0.15, 0.2) is 23.1 Å². The van der Waals surface area contributed by atoms with Crippen LogP contribution in [0.5, 0.6) is 0 Å². The molecule has 0 aromatic heterocycles. The smallest absolute Gasteiger partial charge is 0.107 e. The summed E-state index contributed by atoms with van der Waals surface area (Å²) in [6, 6.07) is 6.90. The van der Waals surface area contributed by atoms with E-state index < -0.39 is 0 Å². The number of anilines is 1. The molecule has 0 spiro atoms. The molecule has 2 N–H and O–H groups in total. The maximum absolute atomic E-state index is 5.99. The molecule has 5 heteroatoms. The van der Waals surface area contributed by atoms with E-state index in [1.807, 2.05) is 0 Å². The number of nitrogens with two attached hydrogens (primary N) is 1. The highest BCUT2D eigenvalue weighted by Crippen LogP contribution is 2.31. The molecule has 0 saturated carbocycles. The van der Waals surface area contributed by atoms with Crippen LogP contribution in [0.3, 0.4) is 0 Å². The molecule has 2 rings (SSSR count). The van der Waals surface area contributed by atoms with Crippen molar-refractivity contribution >= 4 is 34.7 Å². The molecule has 116 valence electrons. The number of thiocarbonyl (C=S) groups is 1. The van der Waals surface area contributed by atoms with Crippen molar-refractivity contribution in [2.24, 2.45) is 5.73 Å². The number of benzene rings is 1. The second kappa shape index (κ2) is 7.47. The van der Waals surface area contributed by atoms with Crippen LogP contribution in [0.2, 0.25) is 0 Å². The Bertz CT molecular complexity index is 496. The third-order valence-electron chi connectivity index (χ3n) is 4.40. The minimum atomic E-state index is 0.493. The van der Waals surface area contributed by atoms with Crippen LogP contribution in [0.25, 0.3) is 0 Å². The Balaban J connectivity index is 2.23. The second-order valence-electron chi connectivity index (χ2n) is 5.49. The topological polar surface area (TPSA) is 32.5 Å². The average Bonchev–Trinajstić information content (AvgIpc) is 2.53. The van der Waals surface area contributed by atoms with Crippen LogP contribution in [0, 0.1) is 0 Å². The van der Waals surface area contributed by atoms with Crippen molar-refractivity contribution in [3.8, 4) is 0 Å². The largest absolute Gasteiger partial charge is 0.389 e. The molecule has 1 aliphatic rings. The number of hydrogen-bond donors (Lipinski definition) is 1. The van der Waals surface area contributed by atoms with Gasteiger partial charge in [0.15, 0.2) is 0 Å². The Morgan fingerprint density at radius 3 is 2.62 bits per heavy atom. The molecule has 1 fully saturated rings. The number of likely N-dealkylation sites (tertiary alicyclic amines) is 1. The van der Waals surface area contributed by atoms with E-state index in [2.05, 4.69) is 48.2 Å². The Morgan fingerprint density at radius 1 is 1.43 bits per heavy atom. The molecule has 1 heterocycles. The zero-order chi connectivity index (χ0) is 15.4. The Labute approximate surface area is 137 Å². The van der Waals surface area contributed by atoms with Gasteiger partial charge >= 0.3 is 0 Å². The zero-order valence-corrected chi connectivity index (χ0v) is 14.8. The number of thioether (sulfide) groups is 1. The fourth-order valence-corrected chi connectivity index (χ4v) is 3.96. The lowest BCUT2D eigenvalue weighted by molar-refractivity contribution is 0.221. The quantitative estimate of drug-likeness (QED) is 0.665. The molecule has 0 unspecified atom stereocenters. The second-order valence-corrected chi connectivity index (χ2v) is 6.78. The SMILES string of the molecule is CCN1CCC(N(C)c2cccc(SC)c2C(N)=S)CC1. The Kier molecular flexibility index (Phi) is 5.90. The standard InChI is InChI=1S/C16H25N3S2/c1-4-19-10-8-12(9-11-19)18(2)13-6-5-7-14(21-3)15(13)16(17)20/h5-7,12H,4,8-11H2,1-3H3,(H2,17,20). The highest BCUT2D eigenvalue weighted by molar-refractivity contribution is 7.98. The predicted molar refractivity (Wildman–Crippen MR) is 97.6 cm³/mol. The molecular weight excluding hydrogens is 298 g/mol. The van der Waals surface area contributed by atoms with Crippen molar-refractivity contribution in [1.29, 1.82) is 0 Å². The molecule has 0 radical (unpaired) electrons. The maximum Gasteiger partial charge on any atom is 0.107 e. The van der Waals surface area contributed by atoms with Gasteiger partial charge in [-0.2, -0.15) is 0 Å². The first-order chi connectivity index (χ1) is 10.1. The zero-order valence-electron chi connectivity index (χ0n) is 13.1. The first kappa shape index (κ1) is 16.6. The fourth-order valence-electron chi connectivity index (χ4n) is 3.05. The van der Waals surface area contributed by atoms with Gasteiger partial charge in [-0.25, -0.2) is 0 Å². The van der Waals surface area contributed by atoms with Crippen LogP contribution in [0.1, 0.15) is 25.3 Å². The number of nitrogens with zero attached hydrogens (tertiary/aromatic N) is 2.